The van der Waals surface area contributed by atoms with Gasteiger partial charge in [-0.15, -0.1) is 0 Å². The number of carbonyl (C=O) groups is 1. The normalized spacial score (nSPS) is 13.3. The molecule has 0 fully saturated rings. The smallest absolute Gasteiger partial charge is 0.196 e. The molecule has 0 atom stereocenters. The molecule has 6 nitrogen and oxygen atoms in total. The summed E-state index contributed by atoms with van der Waals surface area (Å²) in [6.07, 6.45) is 0.817. The van der Waals surface area contributed by atoms with Gasteiger partial charge >= 0.3 is 0 Å². The highest BCUT2D eigenvalue weighted by molar-refractivity contribution is 8.13. The van der Waals surface area contributed by atoms with Crippen molar-refractivity contribution in [2.24, 2.45) is 5.41 Å². The van der Waals surface area contributed by atoms with Gasteiger partial charge in [-0.25, -0.2) is 9.34 Å². The summed E-state index contributed by atoms with van der Waals surface area (Å²) in [5, 5.41) is 0.147. The first-order valence-corrected chi connectivity index (χ1v) is 12.8. The lowest BCUT2D eigenvalue weighted by molar-refractivity contribution is -0.118. The Kier molecular flexibility index (Phi) is 14.5. The molecule has 0 heterocycles. The van der Waals surface area contributed by atoms with Crippen LogP contribution in [0.2, 0.25) is 0 Å². The molecule has 0 radical (unpaired) electrons. The van der Waals surface area contributed by atoms with E-state index in [-0.39, 0.29) is 24.1 Å². The molecule has 0 aliphatic carbocycles. The van der Waals surface area contributed by atoms with Crippen molar-refractivity contribution in [3.63, 3.8) is 0 Å². The summed E-state index contributed by atoms with van der Waals surface area (Å²) in [5.41, 5.74) is -0.317. The summed E-state index contributed by atoms with van der Waals surface area (Å²) >= 11 is 1.20. The number of carbonyl (C=O) groups excluding carboxylic acids is 1. The molecule has 29 heavy (non-hydrogen) atoms. The first-order chi connectivity index (χ1) is 13.4. The van der Waals surface area contributed by atoms with Crippen LogP contribution in [0.25, 0.3) is 0 Å². The van der Waals surface area contributed by atoms with Gasteiger partial charge in [-0.2, -0.15) is 0 Å². The minimum Gasteiger partial charge on any atom is -0.344 e. The summed E-state index contributed by atoms with van der Waals surface area (Å²) in [5.74, 6) is 0.297. The van der Waals surface area contributed by atoms with Gasteiger partial charge in [0.25, 0.3) is 0 Å². The zero-order chi connectivity index (χ0) is 22.8. The molecule has 8 heteroatoms. The van der Waals surface area contributed by atoms with Gasteiger partial charge < -0.3 is 14.0 Å². The largest absolute Gasteiger partial charge is 0.344 e. The predicted molar refractivity (Wildman–Crippen MR) is 126 cm³/mol. The first kappa shape index (κ1) is 29.2. The highest BCUT2D eigenvalue weighted by Gasteiger charge is 2.34. The molecular formula is C21H45N2O4PS. The standard InChI is InChI=1S/C21H45N2O4PS/c1-12-21(10,11)20(24)29-15-26-13-25-14-27-28(22(16(2)3)17(4)5)23(18(6)7)19(8)9/h16-19H,12-15H2,1-11H3. The number of thioether (sulfide) groups is 1. The van der Waals surface area contributed by atoms with E-state index in [1.165, 1.54) is 11.8 Å². The molecule has 0 bridgehead atoms. The Morgan fingerprint density at radius 1 is 0.862 bits per heavy atom. The molecule has 0 saturated carbocycles. The summed E-state index contributed by atoms with van der Waals surface area (Å²) in [7, 11) is -0.971. The van der Waals surface area contributed by atoms with E-state index in [4.69, 9.17) is 14.0 Å². The van der Waals surface area contributed by atoms with Crippen molar-refractivity contribution in [3.05, 3.63) is 0 Å². The van der Waals surface area contributed by atoms with Crippen LogP contribution in [0.1, 0.15) is 82.6 Å². The molecule has 0 aliphatic heterocycles. The Hall–Kier alpha value is 0.250. The van der Waals surface area contributed by atoms with Crippen LogP contribution in [0.15, 0.2) is 0 Å². The molecule has 174 valence electrons. The molecule has 0 aromatic heterocycles. The molecule has 0 amide bonds. The minimum atomic E-state index is -0.971. The third-order valence-electron chi connectivity index (χ3n) is 4.64. The van der Waals surface area contributed by atoms with E-state index in [1.54, 1.807) is 0 Å². The van der Waals surface area contributed by atoms with Crippen LogP contribution in [0.3, 0.4) is 0 Å². The van der Waals surface area contributed by atoms with Gasteiger partial charge in [-0.05, 0) is 61.8 Å². The third-order valence-corrected chi connectivity index (χ3v) is 8.71. The van der Waals surface area contributed by atoms with Crippen molar-refractivity contribution >= 4 is 25.3 Å². The van der Waals surface area contributed by atoms with Crippen molar-refractivity contribution in [2.45, 2.75) is 107 Å². The second kappa shape index (κ2) is 14.3. The van der Waals surface area contributed by atoms with Crippen molar-refractivity contribution < 1.29 is 18.8 Å². The highest BCUT2D eigenvalue weighted by atomic mass is 32.2. The topological polar surface area (TPSA) is 51.2 Å². The number of ether oxygens (including phenoxy) is 2. The lowest BCUT2D eigenvalue weighted by atomic mass is 9.92. The van der Waals surface area contributed by atoms with Crippen LogP contribution in [0.5, 0.6) is 0 Å². The Morgan fingerprint density at radius 2 is 1.31 bits per heavy atom. The van der Waals surface area contributed by atoms with Crippen LogP contribution in [-0.2, 0) is 18.8 Å². The Labute approximate surface area is 185 Å². The van der Waals surface area contributed by atoms with Crippen LogP contribution in [0.4, 0.5) is 0 Å². The summed E-state index contributed by atoms with van der Waals surface area (Å²) in [6.45, 7) is 23.8. The van der Waals surface area contributed by atoms with Gasteiger partial charge in [0.15, 0.2) is 27.2 Å². The number of hydrogen-bond acceptors (Lipinski definition) is 7. The van der Waals surface area contributed by atoms with Crippen molar-refractivity contribution in [2.75, 3.05) is 19.5 Å². The Morgan fingerprint density at radius 3 is 1.69 bits per heavy atom. The van der Waals surface area contributed by atoms with E-state index in [0.717, 1.165) is 6.42 Å². The average molecular weight is 453 g/mol. The molecule has 0 saturated heterocycles. The van der Waals surface area contributed by atoms with Gasteiger partial charge in [0.2, 0.25) is 0 Å². The zero-order valence-electron chi connectivity index (χ0n) is 20.5. The van der Waals surface area contributed by atoms with Crippen LogP contribution < -0.4 is 0 Å². The molecule has 0 spiro atoms. The first-order valence-electron chi connectivity index (χ1n) is 10.7. The van der Waals surface area contributed by atoms with E-state index in [2.05, 4.69) is 64.7 Å². The lowest BCUT2D eigenvalue weighted by Gasteiger charge is -2.45. The maximum atomic E-state index is 12.1. The molecular weight excluding hydrogens is 407 g/mol. The Bertz CT molecular complexity index is 426. The fourth-order valence-electron chi connectivity index (χ4n) is 2.88. The van der Waals surface area contributed by atoms with Gasteiger partial charge in [-0.1, -0.05) is 32.5 Å². The average Bonchev–Trinajstić information content (AvgIpc) is 2.58. The van der Waals surface area contributed by atoms with Gasteiger partial charge in [0.1, 0.15) is 5.94 Å². The summed E-state index contributed by atoms with van der Waals surface area (Å²) in [6, 6.07) is 1.45. The zero-order valence-corrected chi connectivity index (χ0v) is 22.2. The molecule has 0 rings (SSSR count). The van der Waals surface area contributed by atoms with E-state index in [0.29, 0.717) is 30.1 Å². The van der Waals surface area contributed by atoms with E-state index in [1.807, 2.05) is 20.8 Å². The monoisotopic (exact) mass is 452 g/mol. The van der Waals surface area contributed by atoms with E-state index >= 15 is 0 Å². The number of nitrogens with zero attached hydrogens (tertiary/aromatic N) is 2. The highest BCUT2D eigenvalue weighted by Crippen LogP contribution is 2.50. The second-order valence-corrected chi connectivity index (χ2v) is 11.5. The maximum absolute atomic E-state index is 12.1. The second-order valence-electron chi connectivity index (χ2n) is 8.95. The van der Waals surface area contributed by atoms with E-state index < -0.39 is 8.45 Å². The van der Waals surface area contributed by atoms with Gasteiger partial charge in [-0.3, -0.25) is 4.79 Å². The molecule has 0 aliphatic rings. The molecule has 0 unspecified atom stereocenters. The predicted octanol–water partition coefficient (Wildman–Crippen LogP) is 6.07. The maximum Gasteiger partial charge on any atom is 0.196 e. The van der Waals surface area contributed by atoms with Crippen molar-refractivity contribution in [3.8, 4) is 0 Å². The third kappa shape index (κ3) is 10.4. The molecule has 0 aromatic carbocycles. The molecule has 0 aromatic rings. The fraction of sp³-hybridized carbons (Fsp3) is 0.952. The van der Waals surface area contributed by atoms with Gasteiger partial charge in [0.05, 0.1) is 0 Å². The van der Waals surface area contributed by atoms with Crippen molar-refractivity contribution in [1.82, 2.24) is 9.34 Å². The van der Waals surface area contributed by atoms with Crippen LogP contribution in [0, 0.1) is 5.41 Å². The number of hydrogen-bond donors (Lipinski definition) is 0. The minimum absolute atomic E-state index is 0.114. The Balaban J connectivity index is 4.67. The molecule has 0 N–H and O–H groups in total. The van der Waals surface area contributed by atoms with Crippen LogP contribution >= 0.6 is 20.2 Å². The summed E-state index contributed by atoms with van der Waals surface area (Å²) in [4.78, 5) is 12.1. The van der Waals surface area contributed by atoms with Gasteiger partial charge in [0, 0.05) is 29.6 Å². The lowest BCUT2D eigenvalue weighted by Crippen LogP contribution is -2.43. The SMILES string of the molecule is CCC(C)(C)C(=O)SCOCOCOP(N(C(C)C)C(C)C)N(C(C)C)C(C)C. The quantitative estimate of drug-likeness (QED) is 0.170. The van der Waals surface area contributed by atoms with E-state index in [9.17, 15) is 4.79 Å². The fourth-order valence-corrected chi connectivity index (χ4v) is 5.93. The number of rotatable bonds is 15. The van der Waals surface area contributed by atoms with Crippen molar-refractivity contribution in [1.29, 1.82) is 0 Å². The van der Waals surface area contributed by atoms with Crippen LogP contribution in [-0.4, -0.2) is 58.1 Å². The summed E-state index contributed by atoms with van der Waals surface area (Å²) < 4.78 is 22.1.